The summed E-state index contributed by atoms with van der Waals surface area (Å²) in [5, 5.41) is 14.8. The summed E-state index contributed by atoms with van der Waals surface area (Å²) in [6, 6.07) is 9.74. The molecule has 1 fully saturated rings. The number of halogens is 1. The topological polar surface area (TPSA) is 151 Å². The lowest BCUT2D eigenvalue weighted by molar-refractivity contribution is -0.159. The molecule has 1 saturated heterocycles. The van der Waals surface area contributed by atoms with Gasteiger partial charge in [0, 0.05) is 26.2 Å². The summed E-state index contributed by atoms with van der Waals surface area (Å²) in [5.74, 6) is -3.61. The Morgan fingerprint density at radius 3 is 1.91 bits per heavy atom. The van der Waals surface area contributed by atoms with Crippen molar-refractivity contribution in [2.45, 2.75) is 4.90 Å². The molecule has 0 atom stereocenters. The van der Waals surface area contributed by atoms with E-state index < -0.39 is 27.8 Å². The Labute approximate surface area is 195 Å². The molecule has 1 aliphatic heterocycles. The molecule has 0 spiro atoms. The zero-order valence-electron chi connectivity index (χ0n) is 18.3. The monoisotopic (exact) mass is 498 g/mol. The predicted molar refractivity (Wildman–Crippen MR) is 116 cm³/mol. The van der Waals surface area contributed by atoms with Crippen LogP contribution < -0.4 is 9.47 Å². The number of sulfonamides is 1. The predicted octanol–water partition coefficient (Wildman–Crippen LogP) is 1.15. The van der Waals surface area contributed by atoms with Gasteiger partial charge in [-0.3, -0.25) is 4.79 Å². The number of carboxylic acids is 2. The number of carbonyl (C=O) groups excluding carboxylic acids is 1. The highest BCUT2D eigenvalue weighted by Gasteiger charge is 2.31. The molecule has 3 rings (SSSR count). The van der Waals surface area contributed by atoms with E-state index in [0.717, 1.165) is 12.1 Å². The Bertz CT molecular complexity index is 1130. The van der Waals surface area contributed by atoms with Gasteiger partial charge in [-0.1, -0.05) is 6.07 Å². The van der Waals surface area contributed by atoms with E-state index in [1.54, 1.807) is 23.1 Å². The number of hydrogen-bond acceptors (Lipinski definition) is 7. The maximum absolute atomic E-state index is 13.1. The zero-order valence-corrected chi connectivity index (χ0v) is 19.1. The Hall–Kier alpha value is -3.71. The van der Waals surface area contributed by atoms with Gasteiger partial charge >= 0.3 is 11.9 Å². The van der Waals surface area contributed by atoms with E-state index in [-0.39, 0.29) is 37.0 Å². The van der Waals surface area contributed by atoms with E-state index in [9.17, 15) is 17.6 Å². The van der Waals surface area contributed by atoms with E-state index in [2.05, 4.69) is 0 Å². The SMILES string of the molecule is COc1cccc(C(=O)N2CCN(S(=O)(=O)c3ccc(F)cc3)CC2)c1OC.O=C(O)C(=O)O. The van der Waals surface area contributed by atoms with Gasteiger partial charge in [0.25, 0.3) is 5.91 Å². The minimum atomic E-state index is -3.73. The lowest BCUT2D eigenvalue weighted by Gasteiger charge is -2.34. The number of carbonyl (C=O) groups is 3. The van der Waals surface area contributed by atoms with Crippen LogP contribution in [0.4, 0.5) is 4.39 Å². The molecule has 2 aromatic rings. The molecule has 0 unspecified atom stereocenters. The van der Waals surface area contributed by atoms with Crippen LogP contribution in [-0.2, 0) is 19.6 Å². The van der Waals surface area contributed by atoms with Crippen LogP contribution in [0.3, 0.4) is 0 Å². The van der Waals surface area contributed by atoms with Gasteiger partial charge in [-0.05, 0) is 36.4 Å². The summed E-state index contributed by atoms with van der Waals surface area (Å²) in [6.45, 7) is 0.773. The summed E-state index contributed by atoms with van der Waals surface area (Å²) >= 11 is 0. The van der Waals surface area contributed by atoms with Crippen LogP contribution in [0.25, 0.3) is 0 Å². The smallest absolute Gasteiger partial charge is 0.414 e. The minimum absolute atomic E-state index is 0.0307. The number of benzene rings is 2. The highest BCUT2D eigenvalue weighted by atomic mass is 32.2. The normalized spacial score (nSPS) is 13.9. The van der Waals surface area contributed by atoms with Crippen LogP contribution in [0.15, 0.2) is 47.4 Å². The Kier molecular flexibility index (Phi) is 8.92. The van der Waals surface area contributed by atoms with Crippen molar-refractivity contribution in [3.05, 3.63) is 53.8 Å². The van der Waals surface area contributed by atoms with Crippen molar-refractivity contribution >= 4 is 27.9 Å². The number of methoxy groups -OCH3 is 2. The molecule has 1 aliphatic rings. The van der Waals surface area contributed by atoms with E-state index in [1.165, 1.54) is 30.7 Å². The third-order valence-electron chi connectivity index (χ3n) is 4.79. The highest BCUT2D eigenvalue weighted by Crippen LogP contribution is 2.32. The molecule has 184 valence electrons. The van der Waals surface area contributed by atoms with Crippen molar-refractivity contribution < 1.29 is 46.9 Å². The number of nitrogens with zero attached hydrogens (tertiary/aromatic N) is 2. The fourth-order valence-electron chi connectivity index (χ4n) is 3.11. The minimum Gasteiger partial charge on any atom is -0.493 e. The first kappa shape index (κ1) is 26.5. The van der Waals surface area contributed by atoms with Crippen LogP contribution >= 0.6 is 0 Å². The van der Waals surface area contributed by atoms with Crippen LogP contribution in [-0.4, -0.2) is 86.1 Å². The molecule has 2 N–H and O–H groups in total. The van der Waals surface area contributed by atoms with Gasteiger partial charge in [-0.15, -0.1) is 0 Å². The molecule has 0 aromatic heterocycles. The summed E-state index contributed by atoms with van der Waals surface area (Å²) in [4.78, 5) is 32.7. The average Bonchev–Trinajstić information content (AvgIpc) is 2.83. The zero-order chi connectivity index (χ0) is 25.5. The summed E-state index contributed by atoms with van der Waals surface area (Å²) in [5.41, 5.74) is 0.358. The van der Waals surface area contributed by atoms with Crippen molar-refractivity contribution in [1.29, 1.82) is 0 Å². The van der Waals surface area contributed by atoms with Gasteiger partial charge in [-0.25, -0.2) is 22.4 Å². The van der Waals surface area contributed by atoms with Gasteiger partial charge in [0.15, 0.2) is 11.5 Å². The highest BCUT2D eigenvalue weighted by molar-refractivity contribution is 7.89. The molecule has 11 nitrogen and oxygen atoms in total. The van der Waals surface area contributed by atoms with Crippen LogP contribution in [0.5, 0.6) is 11.5 Å². The summed E-state index contributed by atoms with van der Waals surface area (Å²) in [7, 11) is -0.781. The number of rotatable bonds is 5. The van der Waals surface area contributed by atoms with Gasteiger partial charge in [0.05, 0.1) is 24.7 Å². The average molecular weight is 498 g/mol. The van der Waals surface area contributed by atoms with Crippen LogP contribution in [0.2, 0.25) is 0 Å². The number of ether oxygens (including phenoxy) is 2. The molecule has 0 radical (unpaired) electrons. The van der Waals surface area contributed by atoms with E-state index in [1.807, 2.05) is 0 Å². The molecule has 1 heterocycles. The van der Waals surface area contributed by atoms with Crippen molar-refractivity contribution in [1.82, 2.24) is 9.21 Å². The van der Waals surface area contributed by atoms with Gasteiger partial charge in [0.1, 0.15) is 5.82 Å². The van der Waals surface area contributed by atoms with Crippen LogP contribution in [0.1, 0.15) is 10.4 Å². The number of hydrogen-bond donors (Lipinski definition) is 2. The largest absolute Gasteiger partial charge is 0.493 e. The van der Waals surface area contributed by atoms with Crippen molar-refractivity contribution in [3.63, 3.8) is 0 Å². The summed E-state index contributed by atoms with van der Waals surface area (Å²) in [6.07, 6.45) is 0. The van der Waals surface area contributed by atoms with E-state index in [4.69, 9.17) is 29.3 Å². The van der Waals surface area contributed by atoms with E-state index in [0.29, 0.717) is 17.1 Å². The first-order chi connectivity index (χ1) is 16.0. The number of piperazine rings is 1. The maximum Gasteiger partial charge on any atom is 0.414 e. The maximum atomic E-state index is 13.1. The molecule has 2 aromatic carbocycles. The summed E-state index contributed by atoms with van der Waals surface area (Å²) < 4.78 is 50.3. The molecule has 13 heteroatoms. The number of aliphatic carboxylic acids is 2. The van der Waals surface area contributed by atoms with Crippen molar-refractivity contribution in [3.8, 4) is 11.5 Å². The second kappa shape index (κ2) is 11.4. The fourth-order valence-corrected chi connectivity index (χ4v) is 4.54. The molecular formula is C21H23FN2O9S. The second-order valence-electron chi connectivity index (χ2n) is 6.80. The van der Waals surface area contributed by atoms with Gasteiger partial charge in [-0.2, -0.15) is 4.31 Å². The van der Waals surface area contributed by atoms with Crippen molar-refractivity contribution in [2.24, 2.45) is 0 Å². The van der Waals surface area contributed by atoms with Crippen LogP contribution in [0, 0.1) is 5.82 Å². The van der Waals surface area contributed by atoms with Gasteiger partial charge in [0.2, 0.25) is 10.0 Å². The Morgan fingerprint density at radius 2 is 1.44 bits per heavy atom. The first-order valence-electron chi connectivity index (χ1n) is 9.75. The molecule has 0 aliphatic carbocycles. The number of amides is 1. The second-order valence-corrected chi connectivity index (χ2v) is 8.74. The van der Waals surface area contributed by atoms with Gasteiger partial charge < -0.3 is 24.6 Å². The quantitative estimate of drug-likeness (QED) is 0.579. The first-order valence-corrected chi connectivity index (χ1v) is 11.2. The molecule has 34 heavy (non-hydrogen) atoms. The van der Waals surface area contributed by atoms with E-state index >= 15 is 0 Å². The Morgan fingerprint density at radius 1 is 0.882 bits per heavy atom. The fraction of sp³-hybridized carbons (Fsp3) is 0.286. The molecule has 0 saturated carbocycles. The lowest BCUT2D eigenvalue weighted by Crippen LogP contribution is -2.50. The molecule has 1 amide bonds. The van der Waals surface area contributed by atoms with Crippen molar-refractivity contribution in [2.75, 3.05) is 40.4 Å². The third kappa shape index (κ3) is 6.20. The third-order valence-corrected chi connectivity index (χ3v) is 6.71. The molecule has 0 bridgehead atoms. The number of carboxylic acid groups (broad SMARTS) is 2. The molecular weight excluding hydrogens is 475 g/mol. The lowest BCUT2D eigenvalue weighted by atomic mass is 10.1. The Balaban J connectivity index is 0.000000604. The number of para-hydroxylation sites is 1. The standard InChI is InChI=1S/C19H21FN2O5S.C2H2O4/c1-26-17-5-3-4-16(18(17)27-2)19(23)21-10-12-22(13-11-21)28(24,25)15-8-6-14(20)7-9-15;3-1(4)2(5)6/h3-9H,10-13H2,1-2H3;(H,3,4)(H,5,6).